The monoisotopic (exact) mass is 633 g/mol. The molecule has 3 heterocycles. The minimum absolute atomic E-state index is 0.0162. The van der Waals surface area contributed by atoms with E-state index in [1.54, 1.807) is 18.2 Å². The first-order chi connectivity index (χ1) is 21.4. The van der Waals surface area contributed by atoms with Gasteiger partial charge in [-0.05, 0) is 108 Å². The Morgan fingerprint density at radius 2 is 1.67 bits per heavy atom. The molecular formula is C35H47N5O4S. The second kappa shape index (κ2) is 13.9. The maximum Gasteiger partial charge on any atom is 0.264 e. The number of hydrogen-bond donors (Lipinski definition) is 1. The third kappa shape index (κ3) is 7.84. The van der Waals surface area contributed by atoms with E-state index in [2.05, 4.69) is 47.3 Å². The Kier molecular flexibility index (Phi) is 10.1. The third-order valence-corrected chi connectivity index (χ3v) is 10.4. The molecule has 4 bridgehead atoms. The Morgan fingerprint density at radius 3 is 2.33 bits per heavy atom. The highest BCUT2D eigenvalue weighted by Crippen LogP contribution is 2.31. The molecule has 3 aromatic rings. The first kappa shape index (κ1) is 32.9. The first-order valence-electron chi connectivity index (χ1n) is 16.2. The lowest BCUT2D eigenvalue weighted by molar-refractivity contribution is 0.0540. The first-order valence-corrected chi connectivity index (χ1v) is 17.7. The molecule has 0 aliphatic carbocycles. The van der Waals surface area contributed by atoms with Crippen LogP contribution in [0.4, 0.5) is 5.95 Å². The van der Waals surface area contributed by atoms with E-state index in [0.717, 1.165) is 55.5 Å². The number of anilines is 1. The molecule has 45 heavy (non-hydrogen) atoms. The second-order valence-corrected chi connectivity index (χ2v) is 15.0. The van der Waals surface area contributed by atoms with Gasteiger partial charge >= 0.3 is 0 Å². The van der Waals surface area contributed by atoms with E-state index in [0.29, 0.717) is 35.7 Å². The molecule has 1 N–H and O–H groups in total. The highest BCUT2D eigenvalue weighted by Gasteiger charge is 2.30. The van der Waals surface area contributed by atoms with Crippen LogP contribution in [0.1, 0.15) is 74.9 Å². The Labute approximate surface area is 268 Å². The maximum atomic E-state index is 14.2. The Hall–Kier alpha value is -3.50. The molecular weight excluding hydrogens is 586 g/mol. The quantitative estimate of drug-likeness (QED) is 0.325. The van der Waals surface area contributed by atoms with Gasteiger partial charge in [-0.2, -0.15) is 4.98 Å². The van der Waals surface area contributed by atoms with Crippen LogP contribution in [0.5, 0.6) is 5.88 Å². The molecule has 1 amide bonds. The zero-order valence-electron chi connectivity index (χ0n) is 27.4. The highest BCUT2D eigenvalue weighted by molar-refractivity contribution is 7.92. The molecule has 2 aromatic carbocycles. The van der Waals surface area contributed by atoms with E-state index in [9.17, 15) is 13.2 Å². The lowest BCUT2D eigenvalue weighted by Gasteiger charge is -2.37. The smallest absolute Gasteiger partial charge is 0.264 e. The topological polar surface area (TPSA) is 105 Å². The van der Waals surface area contributed by atoms with Crippen LogP contribution in [-0.2, 0) is 10.0 Å². The van der Waals surface area contributed by atoms with Crippen molar-refractivity contribution in [3.8, 4) is 17.1 Å². The summed E-state index contributed by atoms with van der Waals surface area (Å²) < 4.78 is 36.1. The Balaban J connectivity index is 1.54. The third-order valence-electron chi connectivity index (χ3n) is 9.08. The van der Waals surface area contributed by atoms with E-state index in [-0.39, 0.29) is 35.3 Å². The van der Waals surface area contributed by atoms with Gasteiger partial charge in [-0.3, -0.25) is 4.79 Å². The number of amides is 1. The molecule has 1 aromatic heterocycles. The van der Waals surface area contributed by atoms with Gasteiger partial charge in [0.25, 0.3) is 15.9 Å². The van der Waals surface area contributed by atoms with E-state index in [1.807, 2.05) is 36.9 Å². The van der Waals surface area contributed by atoms with Crippen LogP contribution in [-0.4, -0.2) is 72.4 Å². The second-order valence-electron chi connectivity index (χ2n) is 13.3. The van der Waals surface area contributed by atoms with Crippen molar-refractivity contribution in [3.63, 3.8) is 0 Å². The molecule has 0 spiro atoms. The summed E-state index contributed by atoms with van der Waals surface area (Å²) in [6.45, 7) is 15.7. The average molecular weight is 634 g/mol. The molecule has 0 radical (unpaired) electrons. The molecule has 1 fully saturated rings. The van der Waals surface area contributed by atoms with Crippen LogP contribution in [0.2, 0.25) is 0 Å². The number of benzene rings is 2. The van der Waals surface area contributed by atoms with Crippen molar-refractivity contribution in [2.75, 3.05) is 31.0 Å². The molecule has 10 heteroatoms. The van der Waals surface area contributed by atoms with Crippen molar-refractivity contribution in [1.29, 1.82) is 0 Å². The number of fused-ring (bicyclic) bond motifs is 4. The molecule has 242 valence electrons. The van der Waals surface area contributed by atoms with Gasteiger partial charge in [0.2, 0.25) is 11.8 Å². The average Bonchev–Trinajstić information content (AvgIpc) is 2.99. The van der Waals surface area contributed by atoms with Crippen molar-refractivity contribution in [1.82, 2.24) is 19.8 Å². The van der Waals surface area contributed by atoms with Gasteiger partial charge in [0.15, 0.2) is 0 Å². The van der Waals surface area contributed by atoms with Crippen molar-refractivity contribution in [2.45, 2.75) is 84.2 Å². The predicted octanol–water partition coefficient (Wildman–Crippen LogP) is 6.32. The summed E-state index contributed by atoms with van der Waals surface area (Å²) in [6.07, 6.45) is 3.83. The fourth-order valence-electron chi connectivity index (χ4n) is 6.57. The molecule has 1 atom stereocenters. The summed E-state index contributed by atoms with van der Waals surface area (Å²) in [5.74, 6) is 0.825. The van der Waals surface area contributed by atoms with Gasteiger partial charge in [-0.25, -0.2) is 18.1 Å². The molecule has 9 nitrogen and oxygen atoms in total. The molecule has 2 aliphatic rings. The largest absolute Gasteiger partial charge is 0.475 e. The number of piperidine rings is 1. The molecule has 2 aliphatic heterocycles. The summed E-state index contributed by atoms with van der Waals surface area (Å²) in [5.41, 5.74) is 3.82. The minimum Gasteiger partial charge on any atom is -0.475 e. The van der Waals surface area contributed by atoms with E-state index in [4.69, 9.17) is 4.74 Å². The summed E-state index contributed by atoms with van der Waals surface area (Å²) in [7, 11) is -4.10. The number of carbonyl (C=O) groups excluding carboxylic acids is 1. The number of aryl methyl sites for hydroxylation is 2. The van der Waals surface area contributed by atoms with Crippen molar-refractivity contribution < 1.29 is 17.9 Å². The summed E-state index contributed by atoms with van der Waals surface area (Å²) in [5, 5.41) is 0. The number of sulfonamides is 1. The van der Waals surface area contributed by atoms with Gasteiger partial charge < -0.3 is 14.5 Å². The van der Waals surface area contributed by atoms with Gasteiger partial charge in [-0.1, -0.05) is 38.1 Å². The SMILES string of the molecule is Cc1cccc(C)c1-c1cc2nc(n1)NS(=O)(=O)c1cccc(c1)C(=O)N(CCC1CCN(C(C)C)CC1)[C@H](CC(C)C)CO2. The van der Waals surface area contributed by atoms with E-state index >= 15 is 0 Å². The predicted molar refractivity (Wildman–Crippen MR) is 178 cm³/mol. The van der Waals surface area contributed by atoms with Crippen LogP contribution in [0, 0.1) is 25.7 Å². The van der Waals surface area contributed by atoms with E-state index < -0.39 is 10.0 Å². The van der Waals surface area contributed by atoms with Crippen LogP contribution in [0.25, 0.3) is 11.3 Å². The molecule has 5 rings (SSSR count). The maximum absolute atomic E-state index is 14.2. The lowest BCUT2D eigenvalue weighted by Crippen LogP contribution is -2.46. The van der Waals surface area contributed by atoms with Gasteiger partial charge in [0.05, 0.1) is 16.6 Å². The highest BCUT2D eigenvalue weighted by atomic mass is 32.2. The molecule has 0 saturated carbocycles. The summed E-state index contributed by atoms with van der Waals surface area (Å²) in [4.78, 5) is 27.8. The van der Waals surface area contributed by atoms with Crippen LogP contribution in [0.3, 0.4) is 0 Å². The number of rotatable bonds is 7. The van der Waals surface area contributed by atoms with Crippen molar-refractivity contribution in [3.05, 3.63) is 65.2 Å². The normalized spacial score (nSPS) is 19.4. The lowest BCUT2D eigenvalue weighted by atomic mass is 9.92. The van der Waals surface area contributed by atoms with Crippen LogP contribution < -0.4 is 9.46 Å². The van der Waals surface area contributed by atoms with Crippen molar-refractivity contribution >= 4 is 21.9 Å². The molecule has 1 saturated heterocycles. The Morgan fingerprint density at radius 1 is 0.978 bits per heavy atom. The van der Waals surface area contributed by atoms with E-state index in [1.165, 1.54) is 12.1 Å². The number of nitrogens with one attached hydrogen (secondary N) is 1. The number of likely N-dealkylation sites (tertiary alicyclic amines) is 1. The number of hydrogen-bond acceptors (Lipinski definition) is 7. The van der Waals surface area contributed by atoms with Gasteiger partial charge in [-0.15, -0.1) is 0 Å². The Bertz CT molecular complexity index is 1600. The van der Waals surface area contributed by atoms with Crippen molar-refractivity contribution in [2.24, 2.45) is 11.8 Å². The number of carbonyl (C=O) groups is 1. The zero-order valence-corrected chi connectivity index (χ0v) is 28.2. The van der Waals surface area contributed by atoms with Gasteiger partial charge in [0, 0.05) is 29.8 Å². The zero-order chi connectivity index (χ0) is 32.3. The fraction of sp³-hybridized carbons (Fsp3) is 0.514. The van der Waals surface area contributed by atoms with Crippen LogP contribution >= 0.6 is 0 Å². The fourth-order valence-corrected chi connectivity index (χ4v) is 7.56. The van der Waals surface area contributed by atoms with Crippen LogP contribution in [0.15, 0.2) is 53.4 Å². The number of nitrogens with zero attached hydrogens (tertiary/aromatic N) is 4. The molecule has 0 unspecified atom stereocenters. The number of aromatic nitrogens is 2. The number of ether oxygens (including phenoxy) is 1. The van der Waals surface area contributed by atoms with Gasteiger partial charge in [0.1, 0.15) is 6.61 Å². The summed E-state index contributed by atoms with van der Waals surface area (Å²) in [6, 6.07) is 14.3. The minimum atomic E-state index is -4.10. The summed E-state index contributed by atoms with van der Waals surface area (Å²) >= 11 is 0. The standard InChI is InChI=1S/C35H47N5O4S/c1-23(2)19-29-22-44-32-21-31(33-25(5)9-7-10-26(33)6)36-35(37-32)38-45(42,43)30-12-8-11-28(20-30)34(41)40(29)18-15-27-13-16-39(17-14-27)24(3)4/h7-12,20-21,23-24,27,29H,13-19,22H2,1-6H3,(H,36,37,38)/t29-/m1/s1.